The Morgan fingerprint density at radius 2 is 1.85 bits per heavy atom. The van der Waals surface area contributed by atoms with Crippen molar-refractivity contribution >= 4 is 58.0 Å². The lowest BCUT2D eigenvalue weighted by Crippen LogP contribution is -2.25. The molecule has 2 N–H and O–H groups in total. The average molecular weight is 336 g/mol. The summed E-state index contributed by atoms with van der Waals surface area (Å²) in [5.41, 5.74) is 0.212. The molecule has 0 bridgehead atoms. The Kier molecular flexibility index (Phi) is 3.93. The smallest absolute Gasteiger partial charge is 0.233 e. The Bertz CT molecular complexity index is 589. The van der Waals surface area contributed by atoms with Crippen molar-refractivity contribution in [3.63, 3.8) is 0 Å². The van der Waals surface area contributed by atoms with Crippen LogP contribution in [0.4, 0.5) is 11.4 Å². The molecular weight excluding hydrogens is 323 g/mol. The van der Waals surface area contributed by atoms with Crippen molar-refractivity contribution in [2.24, 2.45) is 5.41 Å². The summed E-state index contributed by atoms with van der Waals surface area (Å²) in [6.45, 7) is 3.09. The van der Waals surface area contributed by atoms with E-state index in [0.29, 0.717) is 22.8 Å². The quantitative estimate of drug-likeness (QED) is 0.825. The fourth-order valence-corrected chi connectivity index (χ4v) is 2.73. The molecule has 2 rings (SSSR count). The molecule has 1 fully saturated rings. The van der Waals surface area contributed by atoms with Crippen LogP contribution < -0.4 is 10.6 Å². The summed E-state index contributed by atoms with van der Waals surface area (Å²) in [7, 11) is 0. The topological polar surface area (TPSA) is 58.2 Å². The van der Waals surface area contributed by atoms with E-state index in [1.54, 1.807) is 25.1 Å². The third kappa shape index (κ3) is 2.87. The zero-order valence-electron chi connectivity index (χ0n) is 10.9. The van der Waals surface area contributed by atoms with Crippen molar-refractivity contribution in [1.82, 2.24) is 0 Å². The van der Waals surface area contributed by atoms with E-state index in [4.69, 9.17) is 34.8 Å². The van der Waals surface area contributed by atoms with Gasteiger partial charge in [-0.1, -0.05) is 11.6 Å². The maximum Gasteiger partial charge on any atom is 0.233 e. The van der Waals surface area contributed by atoms with E-state index in [-0.39, 0.29) is 11.8 Å². The molecule has 7 heteroatoms. The number of amides is 2. The predicted octanol–water partition coefficient (Wildman–Crippen LogP) is 3.82. The van der Waals surface area contributed by atoms with Crippen molar-refractivity contribution in [2.45, 2.75) is 24.6 Å². The molecule has 0 aliphatic heterocycles. The van der Waals surface area contributed by atoms with Crippen molar-refractivity contribution in [3.8, 4) is 0 Å². The van der Waals surface area contributed by atoms with E-state index in [1.807, 2.05) is 0 Å². The van der Waals surface area contributed by atoms with Gasteiger partial charge in [0.25, 0.3) is 0 Å². The van der Waals surface area contributed by atoms with E-state index in [0.717, 1.165) is 0 Å². The molecule has 0 spiro atoms. The van der Waals surface area contributed by atoms with Crippen LogP contribution in [0.2, 0.25) is 5.02 Å². The van der Waals surface area contributed by atoms with E-state index < -0.39 is 9.75 Å². The Balaban J connectivity index is 2.10. The highest BCUT2D eigenvalue weighted by Crippen LogP contribution is 2.64. The predicted molar refractivity (Wildman–Crippen MR) is 81.5 cm³/mol. The van der Waals surface area contributed by atoms with Gasteiger partial charge in [0.05, 0.1) is 16.1 Å². The molecule has 1 unspecified atom stereocenters. The lowest BCUT2D eigenvalue weighted by molar-refractivity contribution is -0.120. The molecule has 4 nitrogen and oxygen atoms in total. The second-order valence-electron chi connectivity index (χ2n) is 5.04. The highest BCUT2D eigenvalue weighted by Gasteiger charge is 2.67. The number of rotatable bonds is 3. The molecule has 1 aromatic rings. The number of hydrogen-bond acceptors (Lipinski definition) is 2. The normalized spacial score (nSPS) is 23.1. The van der Waals surface area contributed by atoms with Crippen molar-refractivity contribution in [3.05, 3.63) is 23.2 Å². The van der Waals surface area contributed by atoms with E-state index in [2.05, 4.69) is 10.6 Å². The van der Waals surface area contributed by atoms with E-state index >= 15 is 0 Å². The summed E-state index contributed by atoms with van der Waals surface area (Å²) in [6.07, 6.45) is 0.409. The number of hydrogen-bond donors (Lipinski definition) is 2. The van der Waals surface area contributed by atoms with Gasteiger partial charge in [0.2, 0.25) is 11.8 Å². The highest BCUT2D eigenvalue weighted by molar-refractivity contribution is 6.53. The number of halogens is 3. The van der Waals surface area contributed by atoms with Crippen LogP contribution in [0.3, 0.4) is 0 Å². The van der Waals surface area contributed by atoms with E-state index in [1.165, 1.54) is 6.92 Å². The number of benzene rings is 1. The first-order valence-electron chi connectivity index (χ1n) is 5.92. The minimum atomic E-state index is -1.02. The van der Waals surface area contributed by atoms with Crippen molar-refractivity contribution in [2.75, 3.05) is 10.6 Å². The zero-order valence-corrected chi connectivity index (χ0v) is 13.2. The number of carbonyl (C=O) groups is 2. The average Bonchev–Trinajstić information content (AvgIpc) is 2.83. The van der Waals surface area contributed by atoms with Gasteiger partial charge in [-0.2, -0.15) is 0 Å². The minimum absolute atomic E-state index is 0.219. The number of nitrogens with one attached hydrogen (secondary N) is 2. The SMILES string of the molecule is CC(=O)Nc1ccc(NC(=O)C2(C)CC2(Cl)Cl)cc1Cl. The van der Waals surface area contributed by atoms with Crippen LogP contribution in [0.1, 0.15) is 20.3 Å². The molecule has 0 saturated heterocycles. The fraction of sp³-hybridized carbons (Fsp3) is 0.385. The maximum atomic E-state index is 12.1. The molecule has 0 heterocycles. The van der Waals surface area contributed by atoms with Crippen LogP contribution in [0.5, 0.6) is 0 Å². The third-order valence-electron chi connectivity index (χ3n) is 3.30. The summed E-state index contributed by atoms with van der Waals surface area (Å²) in [5, 5.41) is 5.63. The molecule has 0 radical (unpaired) electrons. The Hall–Kier alpha value is -0.970. The molecule has 1 aliphatic rings. The number of carbonyl (C=O) groups excluding carboxylic acids is 2. The molecule has 20 heavy (non-hydrogen) atoms. The molecule has 1 saturated carbocycles. The van der Waals surface area contributed by atoms with Gasteiger partial charge in [-0.25, -0.2) is 0 Å². The highest BCUT2D eigenvalue weighted by atomic mass is 35.5. The van der Waals surface area contributed by atoms with Crippen LogP contribution in [-0.2, 0) is 9.59 Å². The van der Waals surface area contributed by atoms with Crippen LogP contribution in [0.25, 0.3) is 0 Å². The molecule has 108 valence electrons. The van der Waals surface area contributed by atoms with Gasteiger partial charge in [-0.05, 0) is 31.5 Å². The first-order valence-corrected chi connectivity index (χ1v) is 7.05. The molecule has 1 aromatic carbocycles. The number of anilines is 2. The van der Waals surface area contributed by atoms with Gasteiger partial charge >= 0.3 is 0 Å². The fourth-order valence-electron chi connectivity index (χ4n) is 1.80. The Labute approximate surface area is 131 Å². The van der Waals surface area contributed by atoms with Gasteiger partial charge in [-0.15, -0.1) is 23.2 Å². The molecular formula is C13H13Cl3N2O2. The summed E-state index contributed by atoms with van der Waals surface area (Å²) >= 11 is 17.9. The third-order valence-corrected chi connectivity index (χ3v) is 4.71. The summed E-state index contributed by atoms with van der Waals surface area (Å²) < 4.78 is -1.02. The lowest BCUT2D eigenvalue weighted by atomic mass is 10.1. The largest absolute Gasteiger partial charge is 0.325 e. The van der Waals surface area contributed by atoms with Crippen LogP contribution in [-0.4, -0.2) is 16.1 Å². The summed E-state index contributed by atoms with van der Waals surface area (Å²) in [4.78, 5) is 23.1. The van der Waals surface area contributed by atoms with Crippen molar-refractivity contribution in [1.29, 1.82) is 0 Å². The Morgan fingerprint density at radius 1 is 1.25 bits per heavy atom. The first-order chi connectivity index (χ1) is 9.15. The standard InChI is InChI=1S/C13H13Cl3N2O2/c1-7(19)17-10-4-3-8(5-9(10)14)18-11(20)12(2)6-13(12,15)16/h3-5H,6H2,1-2H3,(H,17,19)(H,18,20). The van der Waals surface area contributed by atoms with Crippen molar-refractivity contribution < 1.29 is 9.59 Å². The van der Waals surface area contributed by atoms with Gasteiger partial charge in [0, 0.05) is 12.6 Å². The Morgan fingerprint density at radius 3 is 2.30 bits per heavy atom. The first kappa shape index (κ1) is 15.4. The van der Waals surface area contributed by atoms with Gasteiger partial charge < -0.3 is 10.6 Å². The van der Waals surface area contributed by atoms with Gasteiger partial charge in [0.1, 0.15) is 4.33 Å². The van der Waals surface area contributed by atoms with Crippen LogP contribution in [0, 0.1) is 5.41 Å². The molecule has 2 amide bonds. The summed E-state index contributed by atoms with van der Waals surface area (Å²) in [6, 6.07) is 4.81. The lowest BCUT2D eigenvalue weighted by Gasteiger charge is -2.13. The minimum Gasteiger partial charge on any atom is -0.325 e. The summed E-state index contributed by atoms with van der Waals surface area (Å²) in [5.74, 6) is -0.478. The van der Waals surface area contributed by atoms with Crippen LogP contribution in [0.15, 0.2) is 18.2 Å². The second-order valence-corrected chi connectivity index (χ2v) is 6.93. The monoisotopic (exact) mass is 334 g/mol. The molecule has 0 aromatic heterocycles. The number of alkyl halides is 2. The molecule has 1 aliphatic carbocycles. The maximum absolute atomic E-state index is 12.1. The zero-order chi connectivity index (χ0) is 15.1. The van der Waals surface area contributed by atoms with Crippen LogP contribution >= 0.6 is 34.8 Å². The van der Waals surface area contributed by atoms with Gasteiger partial charge in [0.15, 0.2) is 0 Å². The molecule has 1 atom stereocenters. The second kappa shape index (κ2) is 5.10. The van der Waals surface area contributed by atoms with Gasteiger partial charge in [-0.3, -0.25) is 9.59 Å². The van der Waals surface area contributed by atoms with E-state index in [9.17, 15) is 9.59 Å².